The van der Waals surface area contributed by atoms with Crippen LogP contribution in [-0.4, -0.2) is 44.5 Å². The van der Waals surface area contributed by atoms with E-state index in [1.54, 1.807) is 24.3 Å². The fourth-order valence-corrected chi connectivity index (χ4v) is 4.18. The van der Waals surface area contributed by atoms with Gasteiger partial charge >= 0.3 is 0 Å². The van der Waals surface area contributed by atoms with Crippen LogP contribution in [-0.2, 0) is 20.4 Å². The number of para-hydroxylation sites is 1. The highest BCUT2D eigenvalue weighted by atomic mass is 32.2. The predicted octanol–water partition coefficient (Wildman–Crippen LogP) is 2.25. The molecule has 6 nitrogen and oxygen atoms in total. The van der Waals surface area contributed by atoms with Gasteiger partial charge in [0, 0.05) is 12.0 Å². The summed E-state index contributed by atoms with van der Waals surface area (Å²) in [5.74, 6) is -0.831. The Morgan fingerprint density at radius 3 is 2.54 bits per heavy atom. The van der Waals surface area contributed by atoms with Crippen LogP contribution in [0.3, 0.4) is 0 Å². The molecule has 26 heavy (non-hydrogen) atoms. The van der Waals surface area contributed by atoms with Crippen LogP contribution in [0.4, 0.5) is 0 Å². The Balaban J connectivity index is 1.68. The second-order valence-electron chi connectivity index (χ2n) is 6.02. The Kier molecular flexibility index (Phi) is 5.37. The standard InChI is InChI=1S/C19H20N2O4S/c1-25-18-10-6-5-9-16(18)13-26(23,24)14-19(22)21-12-11-17(20-21)15-7-3-2-4-8-15/h2-10H,11-14H2,1H3. The van der Waals surface area contributed by atoms with Crippen molar-refractivity contribution in [3.05, 3.63) is 65.7 Å². The summed E-state index contributed by atoms with van der Waals surface area (Å²) in [6.45, 7) is 0.396. The normalized spacial score (nSPS) is 14.2. The van der Waals surface area contributed by atoms with Gasteiger partial charge in [0.15, 0.2) is 9.84 Å². The number of ether oxygens (including phenoxy) is 1. The minimum atomic E-state index is -3.63. The lowest BCUT2D eigenvalue weighted by Crippen LogP contribution is -2.30. The van der Waals surface area contributed by atoms with Gasteiger partial charge in [-0.15, -0.1) is 0 Å². The molecule has 0 unspecified atom stereocenters. The monoisotopic (exact) mass is 372 g/mol. The summed E-state index contributed by atoms with van der Waals surface area (Å²) >= 11 is 0. The third-order valence-electron chi connectivity index (χ3n) is 4.11. The van der Waals surface area contributed by atoms with Crippen LogP contribution in [0.25, 0.3) is 0 Å². The van der Waals surface area contributed by atoms with Crippen molar-refractivity contribution in [1.29, 1.82) is 0 Å². The first kappa shape index (κ1) is 18.1. The summed E-state index contributed by atoms with van der Waals surface area (Å²) in [4.78, 5) is 12.4. The number of carbonyl (C=O) groups is 1. The molecule has 0 bridgehead atoms. The number of rotatable bonds is 6. The van der Waals surface area contributed by atoms with Gasteiger partial charge in [-0.25, -0.2) is 13.4 Å². The van der Waals surface area contributed by atoms with Crippen LogP contribution < -0.4 is 4.74 Å². The summed E-state index contributed by atoms with van der Waals surface area (Å²) < 4.78 is 30.0. The number of amides is 1. The van der Waals surface area contributed by atoms with Gasteiger partial charge in [0.2, 0.25) is 0 Å². The Morgan fingerprint density at radius 2 is 1.81 bits per heavy atom. The molecule has 1 aliphatic rings. The average Bonchev–Trinajstić information content (AvgIpc) is 3.12. The van der Waals surface area contributed by atoms with Gasteiger partial charge in [0.1, 0.15) is 11.5 Å². The van der Waals surface area contributed by atoms with Crippen molar-refractivity contribution in [2.75, 3.05) is 19.4 Å². The summed E-state index contributed by atoms with van der Waals surface area (Å²) in [6.07, 6.45) is 0.613. The fourth-order valence-electron chi connectivity index (χ4n) is 2.84. The number of hydrogen-bond acceptors (Lipinski definition) is 5. The number of methoxy groups -OCH3 is 1. The molecule has 3 rings (SSSR count). The van der Waals surface area contributed by atoms with Crippen molar-refractivity contribution in [2.24, 2.45) is 5.10 Å². The third kappa shape index (κ3) is 4.29. The van der Waals surface area contributed by atoms with Crippen molar-refractivity contribution in [3.8, 4) is 5.75 Å². The molecule has 1 amide bonds. The van der Waals surface area contributed by atoms with E-state index in [1.807, 2.05) is 30.3 Å². The van der Waals surface area contributed by atoms with Crippen LogP contribution in [0.5, 0.6) is 5.75 Å². The molecule has 0 saturated heterocycles. The smallest absolute Gasteiger partial charge is 0.257 e. The molecule has 2 aromatic rings. The second-order valence-corrected chi connectivity index (χ2v) is 8.09. The Hall–Kier alpha value is -2.67. The molecule has 0 fully saturated rings. The zero-order valence-electron chi connectivity index (χ0n) is 14.5. The van der Waals surface area contributed by atoms with Gasteiger partial charge in [0.25, 0.3) is 5.91 Å². The molecule has 0 saturated carbocycles. The molecule has 2 aromatic carbocycles. The lowest BCUT2D eigenvalue weighted by Gasteiger charge is -2.12. The van der Waals surface area contributed by atoms with Crippen LogP contribution in [0.1, 0.15) is 17.5 Å². The molecule has 136 valence electrons. The van der Waals surface area contributed by atoms with Crippen LogP contribution in [0.15, 0.2) is 59.7 Å². The molecule has 0 aromatic heterocycles. The van der Waals surface area contributed by atoms with Gasteiger partial charge in [-0.05, 0) is 11.6 Å². The number of hydrogen-bond donors (Lipinski definition) is 0. The first-order chi connectivity index (χ1) is 12.5. The molecule has 0 spiro atoms. The molecule has 1 aliphatic heterocycles. The van der Waals surface area contributed by atoms with Crippen LogP contribution >= 0.6 is 0 Å². The van der Waals surface area contributed by atoms with Gasteiger partial charge < -0.3 is 4.74 Å². The molecule has 1 heterocycles. The fraction of sp³-hybridized carbons (Fsp3) is 0.263. The first-order valence-corrected chi connectivity index (χ1v) is 10.1. The van der Waals surface area contributed by atoms with E-state index >= 15 is 0 Å². The summed E-state index contributed by atoms with van der Waals surface area (Å²) in [6, 6.07) is 16.4. The number of benzene rings is 2. The molecule has 7 heteroatoms. The predicted molar refractivity (Wildman–Crippen MR) is 99.8 cm³/mol. The van der Waals surface area contributed by atoms with E-state index in [1.165, 1.54) is 12.1 Å². The summed E-state index contributed by atoms with van der Waals surface area (Å²) in [5.41, 5.74) is 2.28. The molecule has 0 aliphatic carbocycles. The highest BCUT2D eigenvalue weighted by Crippen LogP contribution is 2.21. The first-order valence-electron chi connectivity index (χ1n) is 8.24. The maximum atomic E-state index is 12.4. The lowest BCUT2D eigenvalue weighted by atomic mass is 10.1. The largest absolute Gasteiger partial charge is 0.496 e. The Bertz CT molecular complexity index is 924. The van der Waals surface area contributed by atoms with E-state index in [4.69, 9.17) is 4.74 Å². The van der Waals surface area contributed by atoms with E-state index in [9.17, 15) is 13.2 Å². The van der Waals surface area contributed by atoms with Crippen molar-refractivity contribution >= 4 is 21.5 Å². The number of carbonyl (C=O) groups excluding carboxylic acids is 1. The van der Waals surface area contributed by atoms with E-state index < -0.39 is 21.5 Å². The quantitative estimate of drug-likeness (QED) is 0.779. The molecular weight excluding hydrogens is 352 g/mol. The lowest BCUT2D eigenvalue weighted by molar-refractivity contribution is -0.127. The van der Waals surface area contributed by atoms with E-state index in [-0.39, 0.29) is 5.75 Å². The van der Waals surface area contributed by atoms with E-state index in [2.05, 4.69) is 5.10 Å². The van der Waals surface area contributed by atoms with Gasteiger partial charge in [-0.1, -0.05) is 48.5 Å². The third-order valence-corrected chi connectivity index (χ3v) is 5.55. The van der Waals surface area contributed by atoms with Gasteiger partial charge in [-0.2, -0.15) is 5.10 Å². The van der Waals surface area contributed by atoms with E-state index in [0.717, 1.165) is 11.3 Å². The summed E-state index contributed by atoms with van der Waals surface area (Å²) in [7, 11) is -2.14. The van der Waals surface area contributed by atoms with Crippen LogP contribution in [0, 0.1) is 0 Å². The molecule has 0 atom stereocenters. The number of nitrogens with zero attached hydrogens (tertiary/aromatic N) is 2. The average molecular weight is 372 g/mol. The highest BCUT2D eigenvalue weighted by molar-refractivity contribution is 7.91. The molecule has 0 radical (unpaired) electrons. The topological polar surface area (TPSA) is 76.0 Å². The second kappa shape index (κ2) is 7.70. The minimum absolute atomic E-state index is 0.244. The van der Waals surface area contributed by atoms with Crippen molar-refractivity contribution in [3.63, 3.8) is 0 Å². The van der Waals surface area contributed by atoms with Crippen molar-refractivity contribution in [2.45, 2.75) is 12.2 Å². The van der Waals surface area contributed by atoms with Crippen molar-refractivity contribution < 1.29 is 17.9 Å². The minimum Gasteiger partial charge on any atom is -0.496 e. The zero-order chi connectivity index (χ0) is 18.6. The van der Waals surface area contributed by atoms with E-state index in [0.29, 0.717) is 24.3 Å². The SMILES string of the molecule is COc1ccccc1CS(=O)(=O)CC(=O)N1CCC(c2ccccc2)=N1. The van der Waals surface area contributed by atoms with Gasteiger partial charge in [0.05, 0.1) is 25.1 Å². The maximum absolute atomic E-state index is 12.4. The number of hydrazone groups is 1. The van der Waals surface area contributed by atoms with Crippen LogP contribution in [0.2, 0.25) is 0 Å². The Labute approximate surface area is 153 Å². The number of sulfone groups is 1. The highest BCUT2D eigenvalue weighted by Gasteiger charge is 2.26. The van der Waals surface area contributed by atoms with Gasteiger partial charge in [-0.3, -0.25) is 4.79 Å². The molecule has 0 N–H and O–H groups in total. The zero-order valence-corrected chi connectivity index (χ0v) is 15.3. The Morgan fingerprint density at radius 1 is 1.12 bits per heavy atom. The summed E-state index contributed by atoms with van der Waals surface area (Å²) in [5, 5.41) is 5.55. The molecular formula is C19H20N2O4S. The maximum Gasteiger partial charge on any atom is 0.257 e. The van der Waals surface area contributed by atoms with Crippen molar-refractivity contribution in [1.82, 2.24) is 5.01 Å².